The van der Waals surface area contributed by atoms with Gasteiger partial charge in [0.1, 0.15) is 23.9 Å². The highest BCUT2D eigenvalue weighted by atomic mass is 19.1. The first-order valence-electron chi connectivity index (χ1n) is 9.03. The van der Waals surface area contributed by atoms with Crippen molar-refractivity contribution in [1.82, 2.24) is 5.32 Å². The second-order valence-electron chi connectivity index (χ2n) is 6.30. The standard InChI is InChI=1S/C23H24FNO2/c1-26-21-11-9-18(10-12-21)13-14-25-16-19-5-4-7-22(15-19)27-17-20-6-2-3-8-23(20)24/h2-12,15,25H,13-14,16-17H2,1H3. The molecule has 0 bridgehead atoms. The molecular formula is C23H24FNO2. The Morgan fingerprint density at radius 3 is 2.44 bits per heavy atom. The average Bonchev–Trinajstić information content (AvgIpc) is 2.71. The molecular weight excluding hydrogens is 341 g/mol. The Labute approximate surface area is 159 Å². The van der Waals surface area contributed by atoms with Crippen molar-refractivity contribution in [3.63, 3.8) is 0 Å². The highest BCUT2D eigenvalue weighted by Crippen LogP contribution is 2.16. The van der Waals surface area contributed by atoms with Gasteiger partial charge in [-0.2, -0.15) is 0 Å². The summed E-state index contributed by atoms with van der Waals surface area (Å²) in [5.41, 5.74) is 2.96. The molecule has 0 aliphatic carbocycles. The van der Waals surface area contributed by atoms with Crippen LogP contribution < -0.4 is 14.8 Å². The summed E-state index contributed by atoms with van der Waals surface area (Å²) in [6, 6.07) is 22.7. The van der Waals surface area contributed by atoms with Gasteiger partial charge >= 0.3 is 0 Å². The second kappa shape index (κ2) is 9.74. The van der Waals surface area contributed by atoms with Crippen LogP contribution in [0.2, 0.25) is 0 Å². The van der Waals surface area contributed by atoms with Crippen molar-refractivity contribution in [1.29, 1.82) is 0 Å². The Morgan fingerprint density at radius 1 is 0.852 bits per heavy atom. The Hall–Kier alpha value is -2.85. The molecule has 27 heavy (non-hydrogen) atoms. The SMILES string of the molecule is COc1ccc(CCNCc2cccc(OCc3ccccc3F)c2)cc1. The van der Waals surface area contributed by atoms with Crippen molar-refractivity contribution < 1.29 is 13.9 Å². The number of rotatable bonds is 9. The zero-order valence-corrected chi connectivity index (χ0v) is 15.5. The van der Waals surface area contributed by atoms with E-state index in [0.717, 1.165) is 36.6 Å². The summed E-state index contributed by atoms with van der Waals surface area (Å²) < 4.78 is 24.6. The minimum Gasteiger partial charge on any atom is -0.497 e. The van der Waals surface area contributed by atoms with E-state index in [1.54, 1.807) is 19.2 Å². The second-order valence-corrected chi connectivity index (χ2v) is 6.30. The molecule has 0 heterocycles. The first kappa shape index (κ1) is 18.9. The number of halogens is 1. The summed E-state index contributed by atoms with van der Waals surface area (Å²) in [6.45, 7) is 1.86. The van der Waals surface area contributed by atoms with Gasteiger partial charge in [0.15, 0.2) is 0 Å². The lowest BCUT2D eigenvalue weighted by Gasteiger charge is -2.10. The predicted octanol–water partition coefficient (Wildman–Crippen LogP) is 4.75. The molecule has 0 unspecified atom stereocenters. The van der Waals surface area contributed by atoms with E-state index < -0.39 is 0 Å². The van der Waals surface area contributed by atoms with Crippen molar-refractivity contribution in [3.8, 4) is 11.5 Å². The Balaban J connectivity index is 1.45. The zero-order chi connectivity index (χ0) is 18.9. The van der Waals surface area contributed by atoms with Crippen LogP contribution >= 0.6 is 0 Å². The summed E-state index contributed by atoms with van der Waals surface area (Å²) in [5, 5.41) is 3.44. The Kier molecular flexibility index (Phi) is 6.83. The van der Waals surface area contributed by atoms with E-state index in [1.165, 1.54) is 11.6 Å². The summed E-state index contributed by atoms with van der Waals surface area (Å²) >= 11 is 0. The largest absolute Gasteiger partial charge is 0.497 e. The molecule has 3 nitrogen and oxygen atoms in total. The van der Waals surface area contributed by atoms with E-state index in [9.17, 15) is 4.39 Å². The third-order valence-corrected chi connectivity index (χ3v) is 4.33. The molecule has 1 N–H and O–H groups in total. The third-order valence-electron chi connectivity index (χ3n) is 4.33. The summed E-state index contributed by atoms with van der Waals surface area (Å²) in [7, 11) is 1.67. The van der Waals surface area contributed by atoms with Crippen LogP contribution in [0.25, 0.3) is 0 Å². The lowest BCUT2D eigenvalue weighted by Crippen LogP contribution is -2.16. The third kappa shape index (κ3) is 5.83. The molecule has 4 heteroatoms. The topological polar surface area (TPSA) is 30.5 Å². The molecule has 0 radical (unpaired) electrons. The summed E-state index contributed by atoms with van der Waals surface area (Å²) in [5.74, 6) is 1.38. The van der Waals surface area contributed by atoms with Crippen molar-refractivity contribution in [3.05, 3.63) is 95.3 Å². The van der Waals surface area contributed by atoms with Gasteiger partial charge < -0.3 is 14.8 Å². The summed E-state index contributed by atoms with van der Waals surface area (Å²) in [6.07, 6.45) is 0.952. The quantitative estimate of drug-likeness (QED) is 0.555. The van der Waals surface area contributed by atoms with Crippen LogP contribution in [-0.2, 0) is 19.6 Å². The van der Waals surface area contributed by atoms with Crippen LogP contribution in [0.3, 0.4) is 0 Å². The van der Waals surface area contributed by atoms with Gasteiger partial charge in [0.2, 0.25) is 0 Å². The van der Waals surface area contributed by atoms with Crippen LogP contribution in [0.5, 0.6) is 11.5 Å². The van der Waals surface area contributed by atoms with Gasteiger partial charge in [-0.25, -0.2) is 4.39 Å². The van der Waals surface area contributed by atoms with E-state index in [2.05, 4.69) is 23.5 Å². The minimum atomic E-state index is -0.242. The van der Waals surface area contributed by atoms with Crippen LogP contribution in [-0.4, -0.2) is 13.7 Å². The first-order chi connectivity index (χ1) is 13.2. The Bertz CT molecular complexity index is 849. The van der Waals surface area contributed by atoms with Gasteiger partial charge in [0, 0.05) is 12.1 Å². The van der Waals surface area contributed by atoms with Crippen LogP contribution in [0.15, 0.2) is 72.8 Å². The average molecular weight is 365 g/mol. The van der Waals surface area contributed by atoms with E-state index in [4.69, 9.17) is 9.47 Å². The molecule has 0 aromatic heterocycles. The van der Waals surface area contributed by atoms with E-state index in [0.29, 0.717) is 5.56 Å². The molecule has 3 aromatic carbocycles. The Morgan fingerprint density at radius 2 is 1.67 bits per heavy atom. The maximum atomic E-state index is 13.7. The van der Waals surface area contributed by atoms with Crippen LogP contribution in [0.1, 0.15) is 16.7 Å². The van der Waals surface area contributed by atoms with Gasteiger partial charge in [0.05, 0.1) is 7.11 Å². The van der Waals surface area contributed by atoms with Gasteiger partial charge in [-0.1, -0.05) is 42.5 Å². The number of hydrogen-bond donors (Lipinski definition) is 1. The molecule has 0 spiro atoms. The van der Waals surface area contributed by atoms with E-state index in [1.807, 2.05) is 36.4 Å². The fraction of sp³-hybridized carbons (Fsp3) is 0.217. The minimum absolute atomic E-state index is 0.223. The molecule has 0 atom stereocenters. The molecule has 0 amide bonds. The fourth-order valence-electron chi connectivity index (χ4n) is 2.78. The molecule has 0 aliphatic rings. The maximum Gasteiger partial charge on any atom is 0.129 e. The molecule has 3 rings (SSSR count). The lowest BCUT2D eigenvalue weighted by atomic mass is 10.1. The first-order valence-corrected chi connectivity index (χ1v) is 9.03. The van der Waals surface area contributed by atoms with E-state index >= 15 is 0 Å². The molecule has 140 valence electrons. The van der Waals surface area contributed by atoms with Gasteiger partial charge in [0.25, 0.3) is 0 Å². The summed E-state index contributed by atoms with van der Waals surface area (Å²) in [4.78, 5) is 0. The molecule has 0 saturated carbocycles. The van der Waals surface area contributed by atoms with Crippen molar-refractivity contribution in [2.45, 2.75) is 19.6 Å². The van der Waals surface area contributed by atoms with Crippen LogP contribution in [0, 0.1) is 5.82 Å². The van der Waals surface area contributed by atoms with Gasteiger partial charge in [-0.05, 0) is 54.4 Å². The van der Waals surface area contributed by atoms with Gasteiger partial charge in [-0.3, -0.25) is 0 Å². The molecule has 0 saturated heterocycles. The van der Waals surface area contributed by atoms with Gasteiger partial charge in [-0.15, -0.1) is 0 Å². The number of ether oxygens (including phenoxy) is 2. The number of benzene rings is 3. The van der Waals surface area contributed by atoms with Crippen molar-refractivity contribution >= 4 is 0 Å². The number of nitrogens with one attached hydrogen (secondary N) is 1. The smallest absolute Gasteiger partial charge is 0.129 e. The predicted molar refractivity (Wildman–Crippen MR) is 106 cm³/mol. The fourth-order valence-corrected chi connectivity index (χ4v) is 2.78. The van der Waals surface area contributed by atoms with E-state index in [-0.39, 0.29) is 12.4 Å². The molecule has 3 aromatic rings. The highest BCUT2D eigenvalue weighted by molar-refractivity contribution is 5.29. The number of methoxy groups -OCH3 is 1. The normalized spacial score (nSPS) is 10.6. The van der Waals surface area contributed by atoms with Crippen molar-refractivity contribution in [2.75, 3.05) is 13.7 Å². The van der Waals surface area contributed by atoms with Crippen LogP contribution in [0.4, 0.5) is 4.39 Å². The number of hydrogen-bond acceptors (Lipinski definition) is 3. The monoisotopic (exact) mass is 365 g/mol. The maximum absolute atomic E-state index is 13.7. The lowest BCUT2D eigenvalue weighted by molar-refractivity contribution is 0.299. The van der Waals surface area contributed by atoms with Crippen molar-refractivity contribution in [2.24, 2.45) is 0 Å². The highest BCUT2D eigenvalue weighted by Gasteiger charge is 2.03. The molecule has 0 aliphatic heterocycles. The zero-order valence-electron chi connectivity index (χ0n) is 15.5. The molecule has 0 fully saturated rings.